The van der Waals surface area contributed by atoms with Crippen molar-refractivity contribution in [1.82, 2.24) is 19.4 Å². The van der Waals surface area contributed by atoms with Crippen LogP contribution in [0.5, 0.6) is 0 Å². The minimum atomic E-state index is -0.574. The maximum Gasteiger partial charge on any atom is 0.229 e. The first-order chi connectivity index (χ1) is 16.5. The van der Waals surface area contributed by atoms with Gasteiger partial charge in [0.2, 0.25) is 5.91 Å². The van der Waals surface area contributed by atoms with E-state index in [4.69, 9.17) is 4.74 Å². The van der Waals surface area contributed by atoms with Crippen molar-refractivity contribution in [2.75, 3.05) is 46.4 Å². The van der Waals surface area contributed by atoms with Crippen LogP contribution in [0.3, 0.4) is 0 Å². The maximum absolute atomic E-state index is 14.6. The summed E-state index contributed by atoms with van der Waals surface area (Å²) < 4.78 is 22.4. The highest BCUT2D eigenvalue weighted by molar-refractivity contribution is 5.83. The van der Waals surface area contributed by atoms with Gasteiger partial charge in [-0.3, -0.25) is 4.79 Å². The van der Waals surface area contributed by atoms with Crippen LogP contribution in [0.15, 0.2) is 54.9 Å². The molecule has 0 N–H and O–H groups in total. The lowest BCUT2D eigenvalue weighted by Gasteiger charge is -2.42. The van der Waals surface area contributed by atoms with Gasteiger partial charge >= 0.3 is 0 Å². The zero-order valence-corrected chi connectivity index (χ0v) is 19.8. The molecule has 0 spiro atoms. The summed E-state index contributed by atoms with van der Waals surface area (Å²) in [5.41, 5.74) is 2.37. The van der Waals surface area contributed by atoms with E-state index in [1.54, 1.807) is 6.07 Å². The summed E-state index contributed by atoms with van der Waals surface area (Å²) >= 11 is 0. The molecular formula is C27H33FN4O2. The van der Waals surface area contributed by atoms with Crippen LogP contribution in [-0.4, -0.2) is 71.8 Å². The summed E-state index contributed by atoms with van der Waals surface area (Å²) in [7, 11) is 2.09. The number of nitrogens with zero attached hydrogens (tertiary/aromatic N) is 4. The van der Waals surface area contributed by atoms with Gasteiger partial charge in [-0.15, -0.1) is 0 Å². The molecule has 2 saturated heterocycles. The fourth-order valence-corrected chi connectivity index (χ4v) is 5.54. The number of carbonyl (C=O) groups excluding carboxylic acids is 1. The first kappa shape index (κ1) is 23.0. The van der Waals surface area contributed by atoms with Crippen molar-refractivity contribution in [3.8, 4) is 0 Å². The molecule has 5 rings (SSSR count). The molecule has 0 radical (unpaired) electrons. The summed E-state index contributed by atoms with van der Waals surface area (Å²) in [5, 5.41) is 4.34. The van der Waals surface area contributed by atoms with Crippen molar-refractivity contribution in [2.45, 2.75) is 25.7 Å². The largest absolute Gasteiger partial charge is 0.379 e. The molecule has 2 aromatic heterocycles. The Balaban J connectivity index is 1.37. The molecule has 4 heterocycles. The Hall–Kier alpha value is -2.77. The van der Waals surface area contributed by atoms with Crippen LogP contribution >= 0.6 is 0 Å². The highest BCUT2D eigenvalue weighted by Crippen LogP contribution is 2.38. The number of ether oxygens (including phenoxy) is 1. The molecule has 0 unspecified atom stereocenters. The molecule has 2 aliphatic heterocycles. The van der Waals surface area contributed by atoms with Gasteiger partial charge in [0.25, 0.3) is 0 Å². The Morgan fingerprint density at radius 1 is 1.12 bits per heavy atom. The van der Waals surface area contributed by atoms with Crippen LogP contribution in [-0.2, 0) is 22.4 Å². The second-order valence-electron chi connectivity index (χ2n) is 9.94. The molecule has 0 bridgehead atoms. The number of hydrogen-bond donors (Lipinski definition) is 0. The predicted octanol–water partition coefficient (Wildman–Crippen LogP) is 3.45. The number of carbonyl (C=O) groups is 1. The van der Waals surface area contributed by atoms with Crippen molar-refractivity contribution >= 4 is 11.4 Å². The normalized spacial score (nSPS) is 21.5. The van der Waals surface area contributed by atoms with E-state index in [1.165, 1.54) is 11.6 Å². The van der Waals surface area contributed by atoms with Crippen LogP contribution in [0.25, 0.3) is 5.52 Å². The highest BCUT2D eigenvalue weighted by Gasteiger charge is 2.44. The number of piperidine rings is 1. The minimum Gasteiger partial charge on any atom is -0.379 e. The Morgan fingerprint density at radius 3 is 2.74 bits per heavy atom. The lowest BCUT2D eigenvalue weighted by Crippen LogP contribution is -2.52. The number of hydrogen-bond acceptors (Lipinski definition) is 4. The first-order valence-corrected chi connectivity index (χ1v) is 12.2. The predicted molar refractivity (Wildman–Crippen MR) is 129 cm³/mol. The van der Waals surface area contributed by atoms with E-state index in [-0.39, 0.29) is 17.6 Å². The molecule has 180 valence electrons. The lowest BCUT2D eigenvalue weighted by molar-refractivity contribution is -0.145. The molecule has 1 atom stereocenters. The molecule has 0 aliphatic carbocycles. The van der Waals surface area contributed by atoms with Crippen LogP contribution in [0.4, 0.5) is 4.39 Å². The van der Waals surface area contributed by atoms with Gasteiger partial charge in [-0.05, 0) is 75.1 Å². The summed E-state index contributed by atoms with van der Waals surface area (Å²) in [6.45, 7) is 4.09. The summed E-state index contributed by atoms with van der Waals surface area (Å²) in [5.74, 6) is 0.130. The number of benzene rings is 1. The second kappa shape index (κ2) is 9.84. The number of halogens is 1. The Morgan fingerprint density at radius 2 is 1.91 bits per heavy atom. The molecule has 1 amide bonds. The SMILES string of the molecule is CN1CCC(Cc2ccccc2F)(C(=O)N2CCOC[C@H](Cc3cccn4nccc34)C2)CC1. The molecule has 2 aliphatic rings. The topological polar surface area (TPSA) is 50.1 Å². The van der Waals surface area contributed by atoms with Crippen LogP contribution < -0.4 is 0 Å². The number of pyridine rings is 1. The lowest BCUT2D eigenvalue weighted by atomic mass is 9.72. The van der Waals surface area contributed by atoms with E-state index in [2.05, 4.69) is 23.1 Å². The van der Waals surface area contributed by atoms with Gasteiger partial charge in [0.15, 0.2) is 0 Å². The standard InChI is InChI=1S/C27H33FN4O2/c1-30-13-9-27(10-14-30,18-23-5-2-3-7-24(23)28)26(33)31-15-16-34-20-21(19-31)17-22-6-4-12-32-25(22)8-11-29-32/h2-8,11-12,21H,9-10,13-20H2,1H3/t21-/m1/s1. The van der Waals surface area contributed by atoms with Crippen molar-refractivity contribution in [3.05, 3.63) is 71.8 Å². The zero-order valence-electron chi connectivity index (χ0n) is 19.8. The Bertz CT molecular complexity index is 1140. The third-order valence-corrected chi connectivity index (χ3v) is 7.54. The van der Waals surface area contributed by atoms with Gasteiger partial charge in [0.05, 0.1) is 24.1 Å². The number of fused-ring (bicyclic) bond motifs is 1. The minimum absolute atomic E-state index is 0.155. The van der Waals surface area contributed by atoms with Crippen molar-refractivity contribution in [3.63, 3.8) is 0 Å². The first-order valence-electron chi connectivity index (χ1n) is 12.2. The molecule has 1 aromatic carbocycles. The number of likely N-dealkylation sites (tertiary alicyclic amines) is 1. The molecule has 34 heavy (non-hydrogen) atoms. The van der Waals surface area contributed by atoms with Gasteiger partial charge in [-0.2, -0.15) is 5.10 Å². The van der Waals surface area contributed by atoms with E-state index >= 15 is 0 Å². The number of rotatable bonds is 5. The van der Waals surface area contributed by atoms with Gasteiger partial charge in [0, 0.05) is 31.4 Å². The fourth-order valence-electron chi connectivity index (χ4n) is 5.54. The quantitative estimate of drug-likeness (QED) is 0.581. The van der Waals surface area contributed by atoms with E-state index in [0.29, 0.717) is 38.3 Å². The van der Waals surface area contributed by atoms with Gasteiger partial charge in [-0.25, -0.2) is 8.91 Å². The van der Waals surface area contributed by atoms with Gasteiger partial charge < -0.3 is 14.5 Å². The Labute approximate surface area is 200 Å². The maximum atomic E-state index is 14.6. The summed E-state index contributed by atoms with van der Waals surface area (Å²) in [6.07, 6.45) is 6.52. The molecule has 2 fully saturated rings. The van der Waals surface area contributed by atoms with Gasteiger partial charge in [0.1, 0.15) is 5.82 Å². The molecule has 0 saturated carbocycles. The third-order valence-electron chi connectivity index (χ3n) is 7.54. The van der Waals surface area contributed by atoms with E-state index in [9.17, 15) is 9.18 Å². The van der Waals surface area contributed by atoms with E-state index in [1.807, 2.05) is 46.1 Å². The van der Waals surface area contributed by atoms with Crippen LogP contribution in [0.1, 0.15) is 24.0 Å². The van der Waals surface area contributed by atoms with Crippen molar-refractivity contribution in [1.29, 1.82) is 0 Å². The third kappa shape index (κ3) is 4.72. The van der Waals surface area contributed by atoms with Crippen molar-refractivity contribution < 1.29 is 13.9 Å². The highest BCUT2D eigenvalue weighted by atomic mass is 19.1. The second-order valence-corrected chi connectivity index (χ2v) is 9.94. The number of amides is 1. The molecule has 7 heteroatoms. The van der Waals surface area contributed by atoms with Gasteiger partial charge in [-0.1, -0.05) is 24.3 Å². The number of aromatic nitrogens is 2. The summed E-state index contributed by atoms with van der Waals surface area (Å²) in [6, 6.07) is 13.1. The average Bonchev–Trinajstić information content (AvgIpc) is 3.22. The molecule has 6 nitrogen and oxygen atoms in total. The summed E-state index contributed by atoms with van der Waals surface area (Å²) in [4.78, 5) is 18.4. The van der Waals surface area contributed by atoms with Crippen LogP contribution in [0.2, 0.25) is 0 Å². The molecular weight excluding hydrogens is 431 g/mol. The van der Waals surface area contributed by atoms with E-state index in [0.717, 1.165) is 37.9 Å². The smallest absolute Gasteiger partial charge is 0.229 e. The monoisotopic (exact) mass is 464 g/mol. The van der Waals surface area contributed by atoms with Crippen LogP contribution in [0, 0.1) is 17.2 Å². The van der Waals surface area contributed by atoms with E-state index < -0.39 is 5.41 Å². The zero-order chi connectivity index (χ0) is 23.5. The Kier molecular flexibility index (Phi) is 6.66. The molecule has 3 aromatic rings. The fraction of sp³-hybridized carbons (Fsp3) is 0.481. The average molecular weight is 465 g/mol. The van der Waals surface area contributed by atoms with Crippen molar-refractivity contribution in [2.24, 2.45) is 11.3 Å².